The largest absolute Gasteiger partial charge is 0.465 e. The Morgan fingerprint density at radius 3 is 1.33 bits per heavy atom. The van der Waals surface area contributed by atoms with Gasteiger partial charge in [-0.3, -0.25) is 4.79 Å². The molecule has 92 valence electrons. The van der Waals surface area contributed by atoms with Crippen molar-refractivity contribution in [3.8, 4) is 0 Å². The predicted octanol–water partition coefficient (Wildman–Crippen LogP) is 1.43. The molecule has 0 aliphatic carbocycles. The molecule has 0 aromatic carbocycles. The fourth-order valence-electron chi connectivity index (χ4n) is 0.671. The van der Waals surface area contributed by atoms with Gasteiger partial charge in [0, 0.05) is 6.92 Å². The maximum atomic E-state index is 9.31. The molecule has 0 aliphatic rings. The molecule has 0 aromatic heterocycles. The molecule has 0 atom stereocenters. The van der Waals surface area contributed by atoms with Crippen molar-refractivity contribution in [2.75, 3.05) is 19.6 Å². The third-order valence-electron chi connectivity index (χ3n) is 1.34. The van der Waals surface area contributed by atoms with Gasteiger partial charge >= 0.3 is 6.09 Å². The second-order valence-electron chi connectivity index (χ2n) is 2.48. The van der Waals surface area contributed by atoms with Crippen molar-refractivity contribution in [3.05, 3.63) is 0 Å². The summed E-state index contributed by atoms with van der Waals surface area (Å²) in [5, 5.41) is 7.06. The van der Waals surface area contributed by atoms with Crippen molar-refractivity contribution in [2.24, 2.45) is 5.73 Å². The third kappa shape index (κ3) is 60.8. The van der Waals surface area contributed by atoms with Crippen LogP contribution in [-0.4, -0.2) is 40.8 Å². The third-order valence-corrected chi connectivity index (χ3v) is 1.34. The highest BCUT2D eigenvalue weighted by molar-refractivity contribution is 7.96. The molecule has 0 unspecified atom stereocenters. The van der Waals surface area contributed by atoms with Crippen LogP contribution in [0, 0.1) is 0 Å². The van der Waals surface area contributed by atoms with Crippen LogP contribution in [0.25, 0.3) is 0 Å². The van der Waals surface area contributed by atoms with Crippen molar-refractivity contribution in [2.45, 2.75) is 27.7 Å². The first-order valence-electron chi connectivity index (χ1n) is 4.71. The topological polar surface area (TPSA) is 83.6 Å². The number of nitrogens with zero attached hydrogens (tertiary/aromatic N) is 1. The minimum absolute atomic E-state index is 0.139. The van der Waals surface area contributed by atoms with E-state index < -0.39 is 6.09 Å². The van der Waals surface area contributed by atoms with Gasteiger partial charge in [-0.2, -0.15) is 0 Å². The fraction of sp³-hybridized carbons (Fsp3) is 0.778. The summed E-state index contributed by atoms with van der Waals surface area (Å²) in [5.41, 5.74) is 4.03. The van der Waals surface area contributed by atoms with Crippen LogP contribution in [-0.2, 0) is 4.79 Å². The second kappa shape index (κ2) is 15.7. The number of hydrogen-bond acceptors (Lipinski definition) is 3. The Hall–Kier alpha value is -0.750. The van der Waals surface area contributed by atoms with Crippen molar-refractivity contribution in [1.29, 1.82) is 0 Å². The van der Waals surface area contributed by atoms with Gasteiger partial charge in [-0.1, -0.05) is 20.8 Å². The van der Waals surface area contributed by atoms with Gasteiger partial charge in [-0.25, -0.2) is 4.79 Å². The van der Waals surface area contributed by atoms with Gasteiger partial charge in [-0.15, -0.1) is 12.6 Å². The number of primary amides is 1. The molecule has 3 N–H and O–H groups in total. The van der Waals surface area contributed by atoms with E-state index in [4.69, 9.17) is 9.90 Å². The zero-order valence-corrected chi connectivity index (χ0v) is 10.8. The van der Waals surface area contributed by atoms with Crippen LogP contribution < -0.4 is 5.73 Å². The van der Waals surface area contributed by atoms with Crippen molar-refractivity contribution in [1.82, 2.24) is 4.90 Å². The Morgan fingerprint density at radius 1 is 1.20 bits per heavy atom. The predicted molar refractivity (Wildman–Crippen MR) is 65.3 cm³/mol. The van der Waals surface area contributed by atoms with E-state index in [1.54, 1.807) is 0 Å². The van der Waals surface area contributed by atoms with Gasteiger partial charge in [-0.05, 0) is 19.6 Å². The number of thiol groups is 1. The Bertz CT molecular complexity index is 136. The lowest BCUT2D eigenvalue weighted by molar-refractivity contribution is -0.108. The van der Waals surface area contributed by atoms with Crippen LogP contribution in [0.4, 0.5) is 4.79 Å². The van der Waals surface area contributed by atoms with Crippen LogP contribution >= 0.6 is 12.6 Å². The molecule has 0 rings (SSSR count). The molecule has 0 bridgehead atoms. The molecule has 0 saturated heterocycles. The van der Waals surface area contributed by atoms with Gasteiger partial charge < -0.3 is 15.7 Å². The normalized spacial score (nSPS) is 8.13. The fourth-order valence-corrected chi connectivity index (χ4v) is 0.671. The standard InChI is InChI=1S/C6H15N.C2H4OS.CH3NO2/c1-4-7(5-2)6-3;1-2(3)4;2-1(3)4/h4-6H2,1-3H3;1H3,(H,3,4);2H2,(H,3,4). The maximum Gasteiger partial charge on any atom is 0.402 e. The van der Waals surface area contributed by atoms with Gasteiger partial charge in [0.15, 0.2) is 5.12 Å². The number of nitrogens with two attached hydrogens (primary N) is 1. The lowest BCUT2D eigenvalue weighted by Crippen LogP contribution is -2.21. The molecular weight excluding hydrogens is 216 g/mol. The van der Waals surface area contributed by atoms with E-state index in [2.05, 4.69) is 44.0 Å². The minimum atomic E-state index is -1.33. The van der Waals surface area contributed by atoms with E-state index in [1.165, 1.54) is 26.6 Å². The highest BCUT2D eigenvalue weighted by atomic mass is 32.1. The SMILES string of the molecule is CC(=O)S.CCN(CC)CC.NC(=O)O. The van der Waals surface area contributed by atoms with Crippen LogP contribution in [0.5, 0.6) is 0 Å². The van der Waals surface area contributed by atoms with Crippen molar-refractivity contribution >= 4 is 23.8 Å². The molecule has 1 amide bonds. The molecule has 6 heteroatoms. The molecule has 0 spiro atoms. The van der Waals surface area contributed by atoms with Gasteiger partial charge in [0.2, 0.25) is 0 Å². The summed E-state index contributed by atoms with van der Waals surface area (Å²) in [6, 6.07) is 0. The zero-order chi connectivity index (χ0) is 12.9. The minimum Gasteiger partial charge on any atom is -0.465 e. The number of rotatable bonds is 3. The van der Waals surface area contributed by atoms with E-state index in [0.717, 1.165) is 0 Å². The quantitative estimate of drug-likeness (QED) is 0.649. The first-order valence-corrected chi connectivity index (χ1v) is 5.16. The molecule has 0 aromatic rings. The average molecular weight is 238 g/mol. The van der Waals surface area contributed by atoms with E-state index >= 15 is 0 Å². The summed E-state index contributed by atoms with van der Waals surface area (Å²) in [7, 11) is 0. The van der Waals surface area contributed by atoms with Gasteiger partial charge in [0.1, 0.15) is 0 Å². The molecule has 0 heterocycles. The molecule has 0 saturated carbocycles. The number of hydrogen-bond donors (Lipinski definition) is 3. The summed E-state index contributed by atoms with van der Waals surface area (Å²) in [6.07, 6.45) is -1.33. The number of carbonyl (C=O) groups is 2. The van der Waals surface area contributed by atoms with Crippen molar-refractivity contribution < 1.29 is 14.7 Å². The maximum absolute atomic E-state index is 9.31. The summed E-state index contributed by atoms with van der Waals surface area (Å²) in [5.74, 6) is 0. The van der Waals surface area contributed by atoms with Crippen LogP contribution in [0.1, 0.15) is 27.7 Å². The monoisotopic (exact) mass is 238 g/mol. The second-order valence-corrected chi connectivity index (χ2v) is 3.11. The summed E-state index contributed by atoms with van der Waals surface area (Å²) in [6.45, 7) is 11.5. The van der Waals surface area contributed by atoms with E-state index in [1.807, 2.05) is 0 Å². The van der Waals surface area contributed by atoms with Gasteiger partial charge in [0.25, 0.3) is 0 Å². The zero-order valence-electron chi connectivity index (χ0n) is 9.86. The number of amides is 1. The Kier molecular flexibility index (Phi) is 20.7. The summed E-state index contributed by atoms with van der Waals surface area (Å²) in [4.78, 5) is 20.5. The van der Waals surface area contributed by atoms with Crippen LogP contribution in [0.15, 0.2) is 0 Å². The lowest BCUT2D eigenvalue weighted by Gasteiger charge is -2.13. The molecule has 0 fully saturated rings. The van der Waals surface area contributed by atoms with E-state index in [-0.39, 0.29) is 5.12 Å². The van der Waals surface area contributed by atoms with Crippen molar-refractivity contribution in [3.63, 3.8) is 0 Å². The molecule has 0 aliphatic heterocycles. The smallest absolute Gasteiger partial charge is 0.402 e. The first kappa shape index (κ1) is 19.8. The lowest BCUT2D eigenvalue weighted by atomic mass is 10.5. The highest BCUT2D eigenvalue weighted by Gasteiger charge is 1.89. The Balaban J connectivity index is -0.000000155. The first-order chi connectivity index (χ1) is 6.81. The highest BCUT2D eigenvalue weighted by Crippen LogP contribution is 1.81. The molecular formula is C9H22N2O3S. The van der Waals surface area contributed by atoms with E-state index in [9.17, 15) is 4.79 Å². The van der Waals surface area contributed by atoms with Gasteiger partial charge in [0.05, 0.1) is 0 Å². The summed E-state index contributed by atoms with van der Waals surface area (Å²) >= 11 is 3.33. The number of carboxylic acid groups (broad SMARTS) is 1. The Labute approximate surface area is 97.0 Å². The molecule has 15 heavy (non-hydrogen) atoms. The average Bonchev–Trinajstić information content (AvgIpc) is 2.05. The Morgan fingerprint density at radius 2 is 1.33 bits per heavy atom. The molecule has 0 radical (unpaired) electrons. The molecule has 5 nitrogen and oxygen atoms in total. The van der Waals surface area contributed by atoms with E-state index in [0.29, 0.717) is 0 Å². The van der Waals surface area contributed by atoms with Crippen LogP contribution in [0.3, 0.4) is 0 Å². The number of carbonyl (C=O) groups excluding carboxylic acids is 1. The summed E-state index contributed by atoms with van der Waals surface area (Å²) < 4.78 is 0. The van der Waals surface area contributed by atoms with Crippen LogP contribution in [0.2, 0.25) is 0 Å².